The first kappa shape index (κ1) is 13.2. The van der Waals surface area contributed by atoms with Crippen LogP contribution >= 0.6 is 22.9 Å². The van der Waals surface area contributed by atoms with Crippen molar-refractivity contribution < 1.29 is 4.74 Å². The van der Waals surface area contributed by atoms with E-state index in [9.17, 15) is 0 Å². The normalized spacial score (nSPS) is 10.4. The number of benzene rings is 1. The Bertz CT molecular complexity index is 527. The van der Waals surface area contributed by atoms with E-state index in [1.807, 2.05) is 37.4 Å². The summed E-state index contributed by atoms with van der Waals surface area (Å²) in [6.07, 6.45) is 0. The van der Waals surface area contributed by atoms with E-state index in [2.05, 4.69) is 10.3 Å². The number of nitrogens with zero attached hydrogens (tertiary/aromatic N) is 1. The van der Waals surface area contributed by atoms with E-state index in [-0.39, 0.29) is 0 Å². The Morgan fingerprint density at radius 3 is 2.89 bits per heavy atom. The van der Waals surface area contributed by atoms with Crippen LogP contribution in [-0.4, -0.2) is 11.6 Å². The molecule has 2 rings (SSSR count). The van der Waals surface area contributed by atoms with E-state index >= 15 is 0 Å². The fourth-order valence-corrected chi connectivity index (χ4v) is 2.51. The molecular formula is C13H15ClN2OS. The Morgan fingerprint density at radius 1 is 1.44 bits per heavy atom. The Balaban J connectivity index is 2.19. The predicted molar refractivity (Wildman–Crippen MR) is 77.3 cm³/mol. The minimum Gasteiger partial charge on any atom is -0.494 e. The monoisotopic (exact) mass is 282 g/mol. The molecule has 0 unspecified atom stereocenters. The third-order valence-corrected chi connectivity index (χ3v) is 3.54. The Labute approximate surface area is 116 Å². The van der Waals surface area contributed by atoms with Crippen LogP contribution in [0.15, 0.2) is 23.6 Å². The van der Waals surface area contributed by atoms with Crippen molar-refractivity contribution in [3.63, 3.8) is 0 Å². The van der Waals surface area contributed by atoms with E-state index in [4.69, 9.17) is 16.3 Å². The number of alkyl halides is 1. The number of hydrogen-bond acceptors (Lipinski definition) is 4. The second-order valence-corrected chi connectivity index (χ2v) is 4.93. The second-order valence-electron chi connectivity index (χ2n) is 3.81. The summed E-state index contributed by atoms with van der Waals surface area (Å²) < 4.78 is 5.51. The zero-order valence-electron chi connectivity index (χ0n) is 10.4. The molecule has 1 N–H and O–H groups in total. The summed E-state index contributed by atoms with van der Waals surface area (Å²) in [4.78, 5) is 4.36. The van der Waals surface area contributed by atoms with Gasteiger partial charge in [-0.3, -0.25) is 0 Å². The Hall–Kier alpha value is -1.26. The first-order valence-corrected chi connectivity index (χ1v) is 7.15. The summed E-state index contributed by atoms with van der Waals surface area (Å²) >= 11 is 7.51. The molecule has 2 aromatic rings. The lowest BCUT2D eigenvalue weighted by Gasteiger charge is -2.10. The molecule has 96 valence electrons. The van der Waals surface area contributed by atoms with Gasteiger partial charge in [-0.25, -0.2) is 4.98 Å². The number of anilines is 2. The van der Waals surface area contributed by atoms with Crippen molar-refractivity contribution in [2.24, 2.45) is 0 Å². The first-order valence-electron chi connectivity index (χ1n) is 5.73. The lowest BCUT2D eigenvalue weighted by Crippen LogP contribution is -1.97. The maximum absolute atomic E-state index is 5.93. The van der Waals surface area contributed by atoms with Gasteiger partial charge < -0.3 is 10.1 Å². The quantitative estimate of drug-likeness (QED) is 0.829. The summed E-state index contributed by atoms with van der Waals surface area (Å²) in [6.45, 7) is 4.58. The highest BCUT2D eigenvalue weighted by atomic mass is 35.5. The molecule has 0 aliphatic heterocycles. The summed E-state index contributed by atoms with van der Waals surface area (Å²) in [6, 6.07) is 5.90. The molecule has 0 fully saturated rings. The van der Waals surface area contributed by atoms with Crippen molar-refractivity contribution in [1.29, 1.82) is 0 Å². The summed E-state index contributed by atoms with van der Waals surface area (Å²) in [5, 5.41) is 6.16. The van der Waals surface area contributed by atoms with Gasteiger partial charge in [0.15, 0.2) is 5.13 Å². The molecule has 1 heterocycles. The molecule has 0 amide bonds. The van der Waals surface area contributed by atoms with Crippen LogP contribution < -0.4 is 10.1 Å². The lowest BCUT2D eigenvalue weighted by atomic mass is 10.2. The first-order chi connectivity index (χ1) is 8.72. The van der Waals surface area contributed by atoms with Crippen molar-refractivity contribution in [2.45, 2.75) is 19.7 Å². The molecule has 5 heteroatoms. The lowest BCUT2D eigenvalue weighted by molar-refractivity contribution is 0.337. The second kappa shape index (κ2) is 6.07. The minimum atomic E-state index is 0.432. The molecule has 0 spiro atoms. The molecule has 0 aliphatic carbocycles. The number of aryl methyl sites for hydroxylation is 1. The standard InChI is InChI=1S/C13H15ClN2OS/c1-3-17-12-5-4-11(6-10(12)7-14)16-13-15-9(2)8-18-13/h4-6,8H,3,7H2,1-2H3,(H,15,16). The average Bonchev–Trinajstić information content (AvgIpc) is 2.77. The number of nitrogens with one attached hydrogen (secondary N) is 1. The van der Waals surface area contributed by atoms with Crippen LogP contribution in [0.1, 0.15) is 18.2 Å². The van der Waals surface area contributed by atoms with Crippen molar-refractivity contribution in [3.05, 3.63) is 34.8 Å². The van der Waals surface area contributed by atoms with Crippen LogP contribution in [0.4, 0.5) is 10.8 Å². The SMILES string of the molecule is CCOc1ccc(Nc2nc(C)cs2)cc1CCl. The molecule has 1 aromatic heterocycles. The number of rotatable bonds is 5. The van der Waals surface area contributed by atoms with E-state index in [0.717, 1.165) is 27.8 Å². The van der Waals surface area contributed by atoms with Gasteiger partial charge in [-0.2, -0.15) is 0 Å². The molecule has 3 nitrogen and oxygen atoms in total. The minimum absolute atomic E-state index is 0.432. The van der Waals surface area contributed by atoms with Crippen LogP contribution in [-0.2, 0) is 5.88 Å². The van der Waals surface area contributed by atoms with Gasteiger partial charge in [-0.1, -0.05) is 0 Å². The molecule has 18 heavy (non-hydrogen) atoms. The largest absolute Gasteiger partial charge is 0.494 e. The molecule has 0 radical (unpaired) electrons. The van der Waals surface area contributed by atoms with Crippen LogP contribution in [0, 0.1) is 6.92 Å². The van der Waals surface area contributed by atoms with Gasteiger partial charge in [-0.15, -0.1) is 22.9 Å². The van der Waals surface area contributed by atoms with Gasteiger partial charge in [0.1, 0.15) is 5.75 Å². The predicted octanol–water partition coefficient (Wildman–Crippen LogP) is 4.33. The molecule has 0 atom stereocenters. The molecule has 0 saturated carbocycles. The average molecular weight is 283 g/mol. The van der Waals surface area contributed by atoms with Crippen LogP contribution in [0.25, 0.3) is 0 Å². The van der Waals surface area contributed by atoms with Crippen molar-refractivity contribution in [3.8, 4) is 5.75 Å². The number of ether oxygens (including phenoxy) is 1. The zero-order valence-corrected chi connectivity index (χ0v) is 11.9. The van der Waals surface area contributed by atoms with Crippen molar-refractivity contribution in [2.75, 3.05) is 11.9 Å². The van der Waals surface area contributed by atoms with Crippen molar-refractivity contribution >= 4 is 33.8 Å². The smallest absolute Gasteiger partial charge is 0.187 e. The summed E-state index contributed by atoms with van der Waals surface area (Å²) in [5.41, 5.74) is 2.98. The summed E-state index contributed by atoms with van der Waals surface area (Å²) in [7, 11) is 0. The zero-order chi connectivity index (χ0) is 13.0. The molecule has 0 saturated heterocycles. The highest BCUT2D eigenvalue weighted by Gasteiger charge is 2.05. The van der Waals surface area contributed by atoms with Gasteiger partial charge in [0.2, 0.25) is 0 Å². The van der Waals surface area contributed by atoms with Gasteiger partial charge in [-0.05, 0) is 32.0 Å². The topological polar surface area (TPSA) is 34.1 Å². The van der Waals surface area contributed by atoms with E-state index < -0.39 is 0 Å². The number of thiazole rings is 1. The molecule has 0 aliphatic rings. The van der Waals surface area contributed by atoms with Crippen molar-refractivity contribution in [1.82, 2.24) is 4.98 Å². The van der Waals surface area contributed by atoms with Gasteiger partial charge in [0.05, 0.1) is 18.2 Å². The van der Waals surface area contributed by atoms with Crippen LogP contribution in [0.5, 0.6) is 5.75 Å². The molecule has 1 aromatic carbocycles. The Morgan fingerprint density at radius 2 is 2.28 bits per heavy atom. The maximum atomic E-state index is 5.93. The Kier molecular flexibility index (Phi) is 4.44. The van der Waals surface area contributed by atoms with E-state index in [1.165, 1.54) is 0 Å². The fourth-order valence-electron chi connectivity index (χ4n) is 1.59. The van der Waals surface area contributed by atoms with E-state index in [0.29, 0.717) is 12.5 Å². The highest BCUT2D eigenvalue weighted by molar-refractivity contribution is 7.13. The van der Waals surface area contributed by atoms with E-state index in [1.54, 1.807) is 11.3 Å². The number of hydrogen-bond donors (Lipinski definition) is 1. The highest BCUT2D eigenvalue weighted by Crippen LogP contribution is 2.27. The van der Waals surface area contributed by atoms with Gasteiger partial charge in [0.25, 0.3) is 0 Å². The number of halogens is 1. The maximum Gasteiger partial charge on any atom is 0.187 e. The molecular weight excluding hydrogens is 268 g/mol. The third-order valence-electron chi connectivity index (χ3n) is 2.37. The third kappa shape index (κ3) is 3.15. The fraction of sp³-hybridized carbons (Fsp3) is 0.308. The number of aromatic nitrogens is 1. The van der Waals surface area contributed by atoms with Gasteiger partial charge in [0, 0.05) is 16.6 Å². The molecule has 0 bridgehead atoms. The van der Waals surface area contributed by atoms with Crippen LogP contribution in [0.3, 0.4) is 0 Å². The van der Waals surface area contributed by atoms with Gasteiger partial charge >= 0.3 is 0 Å². The summed E-state index contributed by atoms with van der Waals surface area (Å²) in [5.74, 6) is 1.27. The van der Waals surface area contributed by atoms with Crippen LogP contribution in [0.2, 0.25) is 0 Å².